The van der Waals surface area contributed by atoms with E-state index in [-0.39, 0.29) is 0 Å². The van der Waals surface area contributed by atoms with Crippen LogP contribution in [0.1, 0.15) is 33.3 Å². The molecule has 0 saturated carbocycles. The van der Waals surface area contributed by atoms with Gasteiger partial charge in [-0.2, -0.15) is 5.10 Å². The van der Waals surface area contributed by atoms with Crippen LogP contribution in [0.5, 0.6) is 0 Å². The van der Waals surface area contributed by atoms with Crippen LogP contribution in [0.2, 0.25) is 0 Å². The Bertz CT molecular complexity index is 513. The molecule has 0 saturated heterocycles. The monoisotopic (exact) mass is 246 g/mol. The van der Waals surface area contributed by atoms with E-state index in [0.717, 1.165) is 24.1 Å². The Morgan fingerprint density at radius 3 is 2.67 bits per heavy atom. The van der Waals surface area contributed by atoms with Crippen molar-refractivity contribution in [2.45, 2.75) is 46.8 Å². The van der Waals surface area contributed by atoms with Gasteiger partial charge in [-0.1, -0.05) is 27.7 Å². The minimum atomic E-state index is 0.490. The fraction of sp³-hybridized carbons (Fsp3) is 0.571. The number of rotatable bonds is 5. The predicted octanol–water partition coefficient (Wildman–Crippen LogP) is 2.59. The first-order valence-electron chi connectivity index (χ1n) is 6.60. The van der Waals surface area contributed by atoms with Gasteiger partial charge in [0.05, 0.1) is 6.20 Å². The van der Waals surface area contributed by atoms with Gasteiger partial charge >= 0.3 is 0 Å². The van der Waals surface area contributed by atoms with E-state index in [1.807, 2.05) is 17.1 Å². The van der Waals surface area contributed by atoms with Crippen LogP contribution in [0.4, 0.5) is 0 Å². The molecule has 0 spiro atoms. The van der Waals surface area contributed by atoms with Gasteiger partial charge in [0.2, 0.25) is 0 Å². The van der Waals surface area contributed by atoms with Crippen LogP contribution in [-0.4, -0.2) is 20.8 Å². The molecule has 2 rings (SSSR count). The van der Waals surface area contributed by atoms with Crippen molar-refractivity contribution in [3.63, 3.8) is 0 Å². The highest BCUT2D eigenvalue weighted by molar-refractivity contribution is 5.74. The van der Waals surface area contributed by atoms with Crippen LogP contribution in [0.15, 0.2) is 18.5 Å². The van der Waals surface area contributed by atoms with E-state index in [9.17, 15) is 0 Å². The van der Waals surface area contributed by atoms with Gasteiger partial charge in [0.1, 0.15) is 0 Å². The third kappa shape index (κ3) is 3.07. The van der Waals surface area contributed by atoms with Gasteiger partial charge in [0.15, 0.2) is 5.65 Å². The molecule has 98 valence electrons. The molecule has 2 aromatic rings. The van der Waals surface area contributed by atoms with Crippen molar-refractivity contribution < 1.29 is 0 Å². The summed E-state index contributed by atoms with van der Waals surface area (Å²) in [6.45, 7) is 10.4. The summed E-state index contributed by atoms with van der Waals surface area (Å²) in [6, 6.07) is 2.66. The molecule has 4 nitrogen and oxygen atoms in total. The zero-order valence-electron chi connectivity index (χ0n) is 11.6. The molecule has 2 heterocycles. The maximum Gasteiger partial charge on any atom is 0.157 e. The summed E-state index contributed by atoms with van der Waals surface area (Å²) in [6.07, 6.45) is 3.85. The SMILES string of the molecule is CC(C)Cn1ncc2cc(CNC(C)C)cnc21. The molecule has 1 N–H and O–H groups in total. The number of aromatic nitrogens is 3. The van der Waals surface area contributed by atoms with Gasteiger partial charge in [-0.05, 0) is 17.5 Å². The highest BCUT2D eigenvalue weighted by Gasteiger charge is 2.06. The Balaban J connectivity index is 2.20. The van der Waals surface area contributed by atoms with Crippen LogP contribution in [0.25, 0.3) is 11.0 Å². The number of nitrogens with one attached hydrogen (secondary N) is 1. The van der Waals surface area contributed by atoms with Crippen LogP contribution < -0.4 is 5.32 Å². The average Bonchev–Trinajstić information content (AvgIpc) is 2.68. The van der Waals surface area contributed by atoms with Gasteiger partial charge in [-0.25, -0.2) is 9.67 Å². The first-order chi connectivity index (χ1) is 8.56. The lowest BCUT2D eigenvalue weighted by molar-refractivity contribution is 0.492. The predicted molar refractivity (Wildman–Crippen MR) is 74.3 cm³/mol. The lowest BCUT2D eigenvalue weighted by atomic mass is 10.2. The number of nitrogens with zero attached hydrogens (tertiary/aromatic N) is 3. The molecular weight excluding hydrogens is 224 g/mol. The second-order valence-electron chi connectivity index (χ2n) is 5.51. The van der Waals surface area contributed by atoms with E-state index >= 15 is 0 Å². The number of pyridine rings is 1. The topological polar surface area (TPSA) is 42.7 Å². The van der Waals surface area contributed by atoms with E-state index < -0.39 is 0 Å². The minimum absolute atomic E-state index is 0.490. The average molecular weight is 246 g/mol. The summed E-state index contributed by atoms with van der Waals surface area (Å²) >= 11 is 0. The van der Waals surface area contributed by atoms with Gasteiger partial charge in [0.25, 0.3) is 0 Å². The summed E-state index contributed by atoms with van der Waals surface area (Å²) < 4.78 is 1.99. The molecule has 0 radical (unpaired) electrons. The van der Waals surface area contributed by atoms with Gasteiger partial charge in [-0.3, -0.25) is 0 Å². The third-order valence-electron chi connectivity index (χ3n) is 2.78. The molecule has 0 aliphatic rings. The Kier molecular flexibility index (Phi) is 3.97. The zero-order chi connectivity index (χ0) is 13.1. The van der Waals surface area contributed by atoms with Crippen molar-refractivity contribution in [2.75, 3.05) is 0 Å². The molecule has 0 amide bonds. The fourth-order valence-electron chi connectivity index (χ4n) is 1.92. The minimum Gasteiger partial charge on any atom is -0.310 e. The third-order valence-corrected chi connectivity index (χ3v) is 2.78. The van der Waals surface area contributed by atoms with Crippen molar-refractivity contribution in [1.82, 2.24) is 20.1 Å². The van der Waals surface area contributed by atoms with Gasteiger partial charge < -0.3 is 5.32 Å². The first-order valence-corrected chi connectivity index (χ1v) is 6.60. The number of hydrogen-bond acceptors (Lipinski definition) is 3. The van der Waals surface area contributed by atoms with Crippen LogP contribution in [-0.2, 0) is 13.1 Å². The molecular formula is C14H22N4. The molecule has 0 fully saturated rings. The molecule has 0 unspecified atom stereocenters. The number of fused-ring (bicyclic) bond motifs is 1. The Hall–Kier alpha value is -1.42. The molecule has 2 aromatic heterocycles. The zero-order valence-corrected chi connectivity index (χ0v) is 11.6. The smallest absolute Gasteiger partial charge is 0.157 e. The summed E-state index contributed by atoms with van der Waals surface area (Å²) in [5.41, 5.74) is 2.19. The molecule has 0 aromatic carbocycles. The normalized spacial score (nSPS) is 11.9. The molecule has 0 aliphatic heterocycles. The van der Waals surface area contributed by atoms with Crippen molar-refractivity contribution in [3.8, 4) is 0 Å². The van der Waals surface area contributed by atoms with E-state index in [0.29, 0.717) is 12.0 Å². The van der Waals surface area contributed by atoms with E-state index in [1.54, 1.807) is 0 Å². The quantitative estimate of drug-likeness (QED) is 0.881. The second kappa shape index (κ2) is 5.48. The van der Waals surface area contributed by atoms with Crippen LogP contribution in [0.3, 0.4) is 0 Å². The lowest BCUT2D eigenvalue weighted by Crippen LogP contribution is -2.21. The maximum absolute atomic E-state index is 4.53. The second-order valence-corrected chi connectivity index (χ2v) is 5.51. The van der Waals surface area contributed by atoms with E-state index in [4.69, 9.17) is 0 Å². The molecule has 0 aliphatic carbocycles. The summed E-state index contributed by atoms with van der Waals surface area (Å²) in [5.74, 6) is 0.581. The van der Waals surface area contributed by atoms with Gasteiger partial charge in [-0.15, -0.1) is 0 Å². The molecule has 0 bridgehead atoms. The summed E-state index contributed by atoms with van der Waals surface area (Å²) in [7, 11) is 0. The lowest BCUT2D eigenvalue weighted by Gasteiger charge is -2.08. The highest BCUT2D eigenvalue weighted by Crippen LogP contribution is 2.14. The fourth-order valence-corrected chi connectivity index (χ4v) is 1.92. The van der Waals surface area contributed by atoms with Crippen molar-refractivity contribution in [2.24, 2.45) is 5.92 Å². The molecule has 18 heavy (non-hydrogen) atoms. The standard InChI is InChI=1S/C14H22N4/c1-10(2)9-18-14-13(8-17-18)5-12(7-16-14)6-15-11(3)4/h5,7-8,10-11,15H,6,9H2,1-4H3. The van der Waals surface area contributed by atoms with Crippen molar-refractivity contribution in [1.29, 1.82) is 0 Å². The van der Waals surface area contributed by atoms with Gasteiger partial charge in [0, 0.05) is 30.7 Å². The largest absolute Gasteiger partial charge is 0.310 e. The Morgan fingerprint density at radius 2 is 2.00 bits per heavy atom. The summed E-state index contributed by atoms with van der Waals surface area (Å²) in [5, 5.41) is 8.93. The number of hydrogen-bond donors (Lipinski definition) is 1. The highest BCUT2D eigenvalue weighted by atomic mass is 15.3. The van der Waals surface area contributed by atoms with Crippen LogP contribution >= 0.6 is 0 Å². The first kappa shape index (κ1) is 13.0. The van der Waals surface area contributed by atoms with E-state index in [1.165, 1.54) is 5.56 Å². The molecule has 4 heteroatoms. The Labute approximate surface area is 108 Å². The van der Waals surface area contributed by atoms with Crippen molar-refractivity contribution >= 4 is 11.0 Å². The maximum atomic E-state index is 4.53. The van der Waals surface area contributed by atoms with Crippen molar-refractivity contribution in [3.05, 3.63) is 24.0 Å². The van der Waals surface area contributed by atoms with E-state index in [2.05, 4.69) is 49.2 Å². The summed E-state index contributed by atoms with van der Waals surface area (Å²) in [4.78, 5) is 4.53. The molecule has 0 atom stereocenters. The Morgan fingerprint density at radius 1 is 1.22 bits per heavy atom. The van der Waals surface area contributed by atoms with Crippen LogP contribution in [0, 0.1) is 5.92 Å².